The van der Waals surface area contributed by atoms with Gasteiger partial charge in [0.1, 0.15) is 23.0 Å². The van der Waals surface area contributed by atoms with Crippen LogP contribution in [-0.4, -0.2) is 28.4 Å². The lowest BCUT2D eigenvalue weighted by Gasteiger charge is -2.19. The first kappa shape index (κ1) is 32.3. The van der Waals surface area contributed by atoms with Crippen LogP contribution in [0.4, 0.5) is 0 Å². The van der Waals surface area contributed by atoms with E-state index >= 15 is 0 Å². The highest BCUT2D eigenvalue weighted by Crippen LogP contribution is 2.47. The maximum absolute atomic E-state index is 6.12. The molecule has 246 valence electrons. The Morgan fingerprint density at radius 2 is 0.440 bits per heavy atom. The van der Waals surface area contributed by atoms with Gasteiger partial charge in [-0.1, -0.05) is 158 Å². The summed E-state index contributed by atoms with van der Waals surface area (Å²) in [5.74, 6) is 3.19. The molecule has 0 radical (unpaired) electrons. The van der Waals surface area contributed by atoms with Crippen molar-refractivity contribution in [3.8, 4) is 89.8 Å². The zero-order valence-electron chi connectivity index (χ0n) is 28.6. The van der Waals surface area contributed by atoms with E-state index in [4.69, 9.17) is 18.9 Å². The van der Waals surface area contributed by atoms with Crippen LogP contribution in [0.1, 0.15) is 0 Å². The Kier molecular flexibility index (Phi) is 9.35. The molecule has 0 bridgehead atoms. The van der Waals surface area contributed by atoms with Crippen molar-refractivity contribution in [2.45, 2.75) is 0 Å². The van der Waals surface area contributed by atoms with Crippen molar-refractivity contribution >= 4 is 0 Å². The molecule has 0 saturated heterocycles. The molecule has 7 aromatic rings. The number of methoxy groups -OCH3 is 4. The van der Waals surface area contributed by atoms with Crippen molar-refractivity contribution in [1.82, 2.24) is 0 Å². The summed E-state index contributed by atoms with van der Waals surface area (Å²) in [7, 11) is 6.89. The van der Waals surface area contributed by atoms with E-state index in [0.29, 0.717) is 0 Å². The molecule has 0 saturated carbocycles. The number of rotatable bonds is 10. The summed E-state index contributed by atoms with van der Waals surface area (Å²) in [4.78, 5) is 0. The molecule has 0 fully saturated rings. The van der Waals surface area contributed by atoms with Gasteiger partial charge in [-0.15, -0.1) is 0 Å². The van der Waals surface area contributed by atoms with Crippen LogP contribution in [0.3, 0.4) is 0 Å². The van der Waals surface area contributed by atoms with Crippen molar-refractivity contribution < 1.29 is 18.9 Å². The van der Waals surface area contributed by atoms with Gasteiger partial charge in [-0.05, 0) is 22.3 Å². The Bertz CT molecular complexity index is 2080. The van der Waals surface area contributed by atoms with Crippen LogP contribution in [-0.2, 0) is 0 Å². The van der Waals surface area contributed by atoms with E-state index in [1.165, 1.54) is 0 Å². The molecule has 0 aliphatic heterocycles. The lowest BCUT2D eigenvalue weighted by atomic mass is 9.92. The molecule has 0 heterocycles. The highest BCUT2D eigenvalue weighted by Gasteiger charge is 2.21. The van der Waals surface area contributed by atoms with Crippen LogP contribution < -0.4 is 18.9 Å². The van der Waals surface area contributed by atoms with E-state index in [0.717, 1.165) is 89.8 Å². The van der Waals surface area contributed by atoms with E-state index in [1.807, 2.05) is 36.4 Å². The molecule has 50 heavy (non-hydrogen) atoms. The summed E-state index contributed by atoms with van der Waals surface area (Å²) in [5, 5.41) is 0. The molecule has 0 atom stereocenters. The van der Waals surface area contributed by atoms with Crippen molar-refractivity contribution in [2.75, 3.05) is 28.4 Å². The van der Waals surface area contributed by atoms with Crippen LogP contribution in [0, 0.1) is 0 Å². The predicted octanol–water partition coefficient (Wildman–Crippen LogP) is 11.7. The van der Waals surface area contributed by atoms with E-state index < -0.39 is 0 Å². The lowest BCUT2D eigenvalue weighted by Crippen LogP contribution is -1.96. The van der Waals surface area contributed by atoms with Gasteiger partial charge < -0.3 is 18.9 Å². The van der Waals surface area contributed by atoms with E-state index in [9.17, 15) is 0 Å². The molecule has 0 unspecified atom stereocenters. The third kappa shape index (κ3) is 5.97. The van der Waals surface area contributed by atoms with E-state index in [1.54, 1.807) is 28.4 Å². The van der Waals surface area contributed by atoms with Gasteiger partial charge >= 0.3 is 0 Å². The van der Waals surface area contributed by atoms with Gasteiger partial charge in [-0.2, -0.15) is 0 Å². The smallest absolute Gasteiger partial charge is 0.134 e. The predicted molar refractivity (Wildman–Crippen MR) is 205 cm³/mol. The first-order chi connectivity index (χ1) is 24.7. The van der Waals surface area contributed by atoms with Crippen LogP contribution in [0.5, 0.6) is 23.0 Å². The van der Waals surface area contributed by atoms with Crippen LogP contribution in [0.2, 0.25) is 0 Å². The van der Waals surface area contributed by atoms with Crippen molar-refractivity contribution in [3.63, 3.8) is 0 Å². The van der Waals surface area contributed by atoms with Gasteiger partial charge in [0, 0.05) is 44.5 Å². The largest absolute Gasteiger partial charge is 0.495 e. The minimum Gasteiger partial charge on any atom is -0.495 e. The maximum Gasteiger partial charge on any atom is 0.134 e. The van der Waals surface area contributed by atoms with Crippen LogP contribution in [0.25, 0.3) is 66.8 Å². The Balaban J connectivity index is 1.28. The fourth-order valence-electron chi connectivity index (χ4n) is 6.85. The number of hydrogen-bond donors (Lipinski definition) is 0. The minimum atomic E-state index is 0.786. The summed E-state index contributed by atoms with van der Waals surface area (Å²) >= 11 is 0. The molecule has 0 aliphatic carbocycles. The number of para-hydroxylation sites is 4. The number of ether oxygens (including phenoxy) is 4. The molecule has 0 aliphatic rings. The van der Waals surface area contributed by atoms with Crippen molar-refractivity contribution in [1.29, 1.82) is 0 Å². The molecule has 0 aromatic heterocycles. The third-order valence-electron chi connectivity index (χ3n) is 9.13. The van der Waals surface area contributed by atoms with E-state index in [2.05, 4.69) is 121 Å². The SMILES string of the molecule is COc1c(-c2ccccc2)cccc1-c1cccc(-c2ccc(-c3cccc(-c4cccc(-c5ccccc5)c4OC)c3OC)cc2)c1OC. The standard InChI is InChI=1S/C46H38O4/c1-47-43-35(31-15-7-5-8-16-31)19-11-23-39(43)41-25-13-21-37(45(41)49-3)33-27-29-34(30-28-33)38-22-14-26-42(46(38)50-4)40-24-12-20-36(44(40)48-2)32-17-9-6-10-18-32/h5-30H,1-4H3. The van der Waals surface area contributed by atoms with Gasteiger partial charge in [-0.3, -0.25) is 0 Å². The van der Waals surface area contributed by atoms with Crippen molar-refractivity contribution in [3.05, 3.63) is 158 Å². The molecule has 4 heteroatoms. The molecule has 7 rings (SSSR count). The summed E-state index contributed by atoms with van der Waals surface area (Å²) in [6.07, 6.45) is 0. The average Bonchev–Trinajstić information content (AvgIpc) is 3.20. The quantitative estimate of drug-likeness (QED) is 0.147. The fraction of sp³-hybridized carbons (Fsp3) is 0.0870. The highest BCUT2D eigenvalue weighted by molar-refractivity contribution is 5.91. The second kappa shape index (κ2) is 14.5. The third-order valence-corrected chi connectivity index (χ3v) is 9.13. The number of hydrogen-bond acceptors (Lipinski definition) is 4. The Hall–Kier alpha value is -6.26. The fourth-order valence-corrected chi connectivity index (χ4v) is 6.85. The zero-order chi connectivity index (χ0) is 34.5. The molecular weight excluding hydrogens is 617 g/mol. The monoisotopic (exact) mass is 654 g/mol. The molecule has 0 spiro atoms. The van der Waals surface area contributed by atoms with Crippen LogP contribution in [0.15, 0.2) is 158 Å². The normalized spacial score (nSPS) is 10.8. The van der Waals surface area contributed by atoms with Gasteiger partial charge in [0.25, 0.3) is 0 Å². The summed E-state index contributed by atoms with van der Waals surface area (Å²) in [5.41, 5.74) is 12.2. The maximum atomic E-state index is 6.12. The number of benzene rings is 7. The topological polar surface area (TPSA) is 36.9 Å². The molecule has 0 N–H and O–H groups in total. The lowest BCUT2D eigenvalue weighted by molar-refractivity contribution is 0.412. The Morgan fingerprint density at radius 1 is 0.220 bits per heavy atom. The Morgan fingerprint density at radius 3 is 0.680 bits per heavy atom. The first-order valence-corrected chi connectivity index (χ1v) is 16.6. The summed E-state index contributed by atoms with van der Waals surface area (Å²) < 4.78 is 24.3. The second-order valence-corrected chi connectivity index (χ2v) is 11.9. The van der Waals surface area contributed by atoms with Gasteiger partial charge in [0.2, 0.25) is 0 Å². The molecular formula is C46H38O4. The zero-order valence-corrected chi connectivity index (χ0v) is 28.6. The Labute approximate surface area is 294 Å². The van der Waals surface area contributed by atoms with Gasteiger partial charge in [0.05, 0.1) is 28.4 Å². The van der Waals surface area contributed by atoms with Crippen molar-refractivity contribution in [2.24, 2.45) is 0 Å². The average molecular weight is 655 g/mol. The molecule has 7 aromatic carbocycles. The van der Waals surface area contributed by atoms with E-state index in [-0.39, 0.29) is 0 Å². The second-order valence-electron chi connectivity index (χ2n) is 11.9. The molecule has 0 amide bonds. The molecule has 4 nitrogen and oxygen atoms in total. The first-order valence-electron chi connectivity index (χ1n) is 16.6. The highest BCUT2D eigenvalue weighted by atomic mass is 16.5. The summed E-state index contributed by atoms with van der Waals surface area (Å²) in [6.45, 7) is 0. The van der Waals surface area contributed by atoms with Gasteiger partial charge in [-0.25, -0.2) is 0 Å². The van der Waals surface area contributed by atoms with Crippen LogP contribution >= 0.6 is 0 Å². The summed E-state index contributed by atoms with van der Waals surface area (Å²) in [6, 6.07) is 54.1. The minimum absolute atomic E-state index is 0.786. The van der Waals surface area contributed by atoms with Gasteiger partial charge in [0.15, 0.2) is 0 Å².